The van der Waals surface area contributed by atoms with Crippen LogP contribution in [0.3, 0.4) is 0 Å². The Morgan fingerprint density at radius 3 is 0.667 bits per heavy atom. The van der Waals surface area contributed by atoms with Crippen LogP contribution in [0.25, 0.3) is 0 Å². The van der Waals surface area contributed by atoms with Crippen molar-refractivity contribution in [1.82, 2.24) is 0 Å². The van der Waals surface area contributed by atoms with Crippen molar-refractivity contribution < 1.29 is 69.9 Å². The molecule has 9 N–H and O–H groups in total. The van der Waals surface area contributed by atoms with Gasteiger partial charge in [-0.25, -0.2) is 24.0 Å². The van der Waals surface area contributed by atoms with E-state index in [-0.39, 0.29) is 11.1 Å². The summed E-state index contributed by atoms with van der Waals surface area (Å²) in [7, 11) is 0. The van der Waals surface area contributed by atoms with Crippen molar-refractivity contribution >= 4 is 29.8 Å². The van der Waals surface area contributed by atoms with Gasteiger partial charge in [0.25, 0.3) is 0 Å². The van der Waals surface area contributed by atoms with Crippen molar-refractivity contribution in [3.8, 4) is 0 Å². The Morgan fingerprint density at radius 1 is 0.556 bits per heavy atom. The molecule has 0 bridgehead atoms. The zero-order chi connectivity index (χ0) is 30.5. The molecule has 0 aromatic rings. The summed E-state index contributed by atoms with van der Waals surface area (Å²) in [5.41, 5.74) is -0.759. The molecule has 0 unspecified atom stereocenters. The first-order chi connectivity index (χ1) is 16.3. The van der Waals surface area contributed by atoms with Crippen LogP contribution in [0, 0.1) is 5.41 Å². The molecule has 14 nitrogen and oxygen atoms in total. The van der Waals surface area contributed by atoms with Crippen molar-refractivity contribution in [3.05, 3.63) is 62.3 Å². The average Bonchev–Trinajstić information content (AvgIpc) is 2.82. The number of carboxylic acids is 5. The van der Waals surface area contributed by atoms with E-state index in [1.54, 1.807) is 0 Å². The molecule has 0 aromatic carbocycles. The Morgan fingerprint density at radius 2 is 0.667 bits per heavy atom. The largest absolute Gasteiger partial charge is 0.478 e. The maximum absolute atomic E-state index is 9.60. The van der Waals surface area contributed by atoms with E-state index in [2.05, 4.69) is 32.9 Å². The lowest BCUT2D eigenvalue weighted by Crippen LogP contribution is -2.37. The van der Waals surface area contributed by atoms with Gasteiger partial charge in [-0.2, -0.15) is 0 Å². The number of aliphatic hydroxyl groups excluding tert-OH is 4. The molecule has 0 saturated heterocycles. The molecule has 14 heteroatoms. The highest BCUT2D eigenvalue weighted by Crippen LogP contribution is 2.11. The van der Waals surface area contributed by atoms with Gasteiger partial charge >= 0.3 is 29.8 Å². The second-order valence-corrected chi connectivity index (χ2v) is 5.93. The van der Waals surface area contributed by atoms with E-state index in [1.165, 1.54) is 13.8 Å². The molecule has 0 atom stereocenters. The third-order valence-electron chi connectivity index (χ3n) is 2.60. The van der Waals surface area contributed by atoms with Gasteiger partial charge in [0.15, 0.2) is 0 Å². The molecular weight excluding hydrogens is 488 g/mol. The fraction of sp³-hybridized carbons (Fsp3) is 0.318. The lowest BCUT2D eigenvalue weighted by Gasteiger charge is -2.23. The van der Waals surface area contributed by atoms with Gasteiger partial charge in [-0.05, 0) is 13.8 Å². The minimum absolute atomic E-state index is 0.176. The van der Waals surface area contributed by atoms with Gasteiger partial charge in [0.05, 0.1) is 31.8 Å². The second kappa shape index (κ2) is 30.9. The van der Waals surface area contributed by atoms with E-state index >= 15 is 0 Å². The van der Waals surface area contributed by atoms with Crippen LogP contribution in [0.2, 0.25) is 0 Å². The Bertz CT molecular complexity index is 610. The van der Waals surface area contributed by atoms with E-state index < -0.39 is 61.7 Å². The highest BCUT2D eigenvalue weighted by Gasteiger charge is 2.26. The van der Waals surface area contributed by atoms with Crippen LogP contribution in [0.4, 0.5) is 0 Å². The number of aliphatic carboxylic acids is 5. The molecule has 0 aliphatic heterocycles. The lowest BCUT2D eigenvalue weighted by molar-refractivity contribution is -0.133. The molecule has 0 radical (unpaired) electrons. The summed E-state index contributed by atoms with van der Waals surface area (Å²) < 4.78 is 0. The number of carboxylic acid groups (broad SMARTS) is 5. The van der Waals surface area contributed by atoms with E-state index in [1.807, 2.05) is 0 Å². The molecule has 36 heavy (non-hydrogen) atoms. The summed E-state index contributed by atoms with van der Waals surface area (Å²) in [4.78, 5) is 46.9. The van der Waals surface area contributed by atoms with Gasteiger partial charge in [-0.15, -0.1) is 0 Å². The standard InChI is InChI=1S/C5H12O4.2C4H6O2.3C3H4O2/c6-1-5(2-7,3-8)4-9;2*1-3(2)4(5)6;3*1-2-3(4)5/h6-9H,1-4H2;2*1H2,2H3,(H,5,6);3*2H,1H2,(H,4,5). The van der Waals surface area contributed by atoms with Crippen LogP contribution < -0.4 is 0 Å². The van der Waals surface area contributed by atoms with Crippen molar-refractivity contribution in [3.63, 3.8) is 0 Å². The monoisotopic (exact) mass is 524 g/mol. The number of carbonyl (C=O) groups is 5. The zero-order valence-corrected chi connectivity index (χ0v) is 20.2. The molecule has 0 rings (SSSR count). The highest BCUT2D eigenvalue weighted by atomic mass is 16.4. The van der Waals surface area contributed by atoms with Crippen LogP contribution in [0.1, 0.15) is 13.8 Å². The number of rotatable bonds is 9. The third-order valence-corrected chi connectivity index (χ3v) is 2.60. The van der Waals surface area contributed by atoms with Crippen LogP contribution >= 0.6 is 0 Å². The minimum atomic E-state index is -1.11. The van der Waals surface area contributed by atoms with Crippen molar-refractivity contribution in [2.24, 2.45) is 5.41 Å². The fourth-order valence-corrected chi connectivity index (χ4v) is 0.300. The Hall–Kier alpha value is -4.11. The zero-order valence-electron chi connectivity index (χ0n) is 20.2. The van der Waals surface area contributed by atoms with Gasteiger partial charge in [-0.3, -0.25) is 0 Å². The van der Waals surface area contributed by atoms with E-state index in [0.717, 1.165) is 18.2 Å². The summed E-state index contributed by atoms with van der Waals surface area (Å²) in [6, 6.07) is 0. The predicted octanol–water partition coefficient (Wildman–Crippen LogP) is 0.00720. The number of hydrogen-bond donors (Lipinski definition) is 9. The van der Waals surface area contributed by atoms with E-state index in [0.29, 0.717) is 0 Å². The normalized spacial score (nSPS) is 8.17. The van der Waals surface area contributed by atoms with Crippen molar-refractivity contribution in [2.75, 3.05) is 26.4 Å². The first kappa shape index (κ1) is 45.4. The minimum Gasteiger partial charge on any atom is -0.478 e. The number of hydrogen-bond acceptors (Lipinski definition) is 9. The molecule has 0 heterocycles. The predicted molar refractivity (Wildman–Crippen MR) is 129 cm³/mol. The molecule has 0 amide bonds. The summed E-state index contributed by atoms with van der Waals surface area (Å²) >= 11 is 0. The first-order valence-corrected chi connectivity index (χ1v) is 9.12. The smallest absolute Gasteiger partial charge is 0.330 e. The van der Waals surface area contributed by atoms with Gasteiger partial charge < -0.3 is 46.0 Å². The molecule has 208 valence electrons. The summed E-state index contributed by atoms with van der Waals surface area (Å²) in [5, 5.41) is 72.6. The lowest BCUT2D eigenvalue weighted by atomic mass is 9.93. The first-order valence-electron chi connectivity index (χ1n) is 9.12. The van der Waals surface area contributed by atoms with E-state index in [9.17, 15) is 24.0 Å². The van der Waals surface area contributed by atoms with Gasteiger partial charge in [0.1, 0.15) is 0 Å². The second-order valence-electron chi connectivity index (χ2n) is 5.93. The van der Waals surface area contributed by atoms with Gasteiger partial charge in [-0.1, -0.05) is 32.9 Å². The average molecular weight is 525 g/mol. The topological polar surface area (TPSA) is 267 Å². The maximum atomic E-state index is 9.60. The van der Waals surface area contributed by atoms with Crippen LogP contribution in [-0.4, -0.2) is 102 Å². The van der Waals surface area contributed by atoms with Crippen LogP contribution in [-0.2, 0) is 24.0 Å². The third kappa shape index (κ3) is 52.1. The summed E-state index contributed by atoms with van der Waals surface area (Å²) in [6.45, 7) is 16.5. The fourth-order valence-electron chi connectivity index (χ4n) is 0.300. The van der Waals surface area contributed by atoms with Crippen LogP contribution in [0.5, 0.6) is 0 Å². The van der Waals surface area contributed by atoms with Gasteiger partial charge in [0.2, 0.25) is 0 Å². The Kier molecular flexibility index (Phi) is 39.0. The number of aliphatic hydroxyl groups is 4. The molecule has 0 saturated carbocycles. The van der Waals surface area contributed by atoms with Gasteiger partial charge in [0, 0.05) is 29.4 Å². The molecular formula is C22H36O14. The SMILES string of the molecule is C=C(C)C(=O)O.C=C(C)C(=O)O.C=CC(=O)O.C=CC(=O)O.C=CC(=O)O.OCC(CO)(CO)CO. The highest BCUT2D eigenvalue weighted by molar-refractivity contribution is 5.85. The maximum Gasteiger partial charge on any atom is 0.330 e. The molecule has 0 aromatic heterocycles. The molecule has 0 aliphatic carbocycles. The Labute approximate surface area is 208 Å². The molecule has 0 spiro atoms. The summed E-state index contributed by atoms with van der Waals surface area (Å²) in [5.74, 6) is -4.81. The molecule has 0 fully saturated rings. The van der Waals surface area contributed by atoms with E-state index in [4.69, 9.17) is 46.0 Å². The molecule has 0 aliphatic rings. The summed E-state index contributed by atoms with van der Waals surface area (Å²) in [6.07, 6.45) is 2.50. The Balaban J connectivity index is -0.0000000763. The quantitative estimate of drug-likeness (QED) is 0.180. The van der Waals surface area contributed by atoms with Crippen molar-refractivity contribution in [2.45, 2.75) is 13.8 Å². The van der Waals surface area contributed by atoms with Crippen LogP contribution in [0.15, 0.2) is 62.3 Å². The van der Waals surface area contributed by atoms with Crippen molar-refractivity contribution in [1.29, 1.82) is 0 Å².